The third kappa shape index (κ3) is 13.5. The highest BCUT2D eigenvalue weighted by Gasteiger charge is 1.99. The first-order valence-corrected chi connectivity index (χ1v) is 11.9. The minimum atomic E-state index is 1.09. The quantitative estimate of drug-likeness (QED) is 0.232. The Labute approximate surface area is 214 Å². The Morgan fingerprint density at radius 3 is 1.29 bits per heavy atom. The van der Waals surface area contributed by atoms with Crippen LogP contribution in [0.1, 0.15) is 19.4 Å². The second-order valence-corrected chi connectivity index (χ2v) is 7.10. The molecule has 0 atom stereocenters. The van der Waals surface area contributed by atoms with Gasteiger partial charge in [0.2, 0.25) is 0 Å². The smallest absolute Gasteiger partial charge is 0.0568 e. The molecule has 4 aromatic rings. The van der Waals surface area contributed by atoms with Gasteiger partial charge < -0.3 is 5.32 Å². The molecule has 0 saturated carbocycles. The first-order chi connectivity index (χ1) is 17.1. The standard InChI is InChI=1S/C14H16N2.C12H10.C2H7N.C2H6.C2H4/c1-12-8-10-13(11-9-12)15-16(2)14-6-4-3-5-7-14;1-3-7-11(8-4-1)12-9-5-2-6-10-12;1-3-2;2*1-2/h3-11,15H,1-2H3;1-10H;3H,1-2H3;1-2H3;1-2H2. The van der Waals surface area contributed by atoms with Gasteiger partial charge in [-0.3, -0.25) is 10.4 Å². The lowest BCUT2D eigenvalue weighted by atomic mass is 10.1. The molecule has 0 fully saturated rings. The summed E-state index contributed by atoms with van der Waals surface area (Å²) in [6.07, 6.45) is 0. The van der Waals surface area contributed by atoms with Crippen LogP contribution in [0.25, 0.3) is 11.1 Å². The Hall–Kier alpha value is -3.82. The summed E-state index contributed by atoms with van der Waals surface area (Å²) in [6.45, 7) is 12.1. The average Bonchev–Trinajstić information content (AvgIpc) is 2.94. The van der Waals surface area contributed by atoms with Gasteiger partial charge in [-0.1, -0.05) is 110 Å². The number of aryl methyl sites for hydroxylation is 1. The largest absolute Gasteiger partial charge is 0.323 e. The number of rotatable bonds is 4. The van der Waals surface area contributed by atoms with Gasteiger partial charge in [0, 0.05) is 7.05 Å². The van der Waals surface area contributed by atoms with Crippen molar-refractivity contribution in [3.05, 3.63) is 134 Å². The summed E-state index contributed by atoms with van der Waals surface area (Å²) in [5, 5.41) is 4.75. The molecular formula is C32H43N3. The lowest BCUT2D eigenvalue weighted by molar-refractivity contribution is 1.02. The zero-order valence-electron chi connectivity index (χ0n) is 22.3. The van der Waals surface area contributed by atoms with Crippen LogP contribution < -0.4 is 15.8 Å². The number of hydrogen-bond acceptors (Lipinski definition) is 3. The van der Waals surface area contributed by atoms with Crippen LogP contribution in [0.2, 0.25) is 0 Å². The number of hydrogen-bond donors (Lipinski definition) is 2. The summed E-state index contributed by atoms with van der Waals surface area (Å²) in [5.74, 6) is 0. The van der Waals surface area contributed by atoms with Crippen molar-refractivity contribution in [2.75, 3.05) is 31.6 Å². The molecule has 3 heteroatoms. The molecule has 3 nitrogen and oxygen atoms in total. The van der Waals surface area contributed by atoms with Crippen molar-refractivity contribution in [3.63, 3.8) is 0 Å². The van der Waals surface area contributed by atoms with Crippen molar-refractivity contribution in [1.82, 2.24) is 5.32 Å². The summed E-state index contributed by atoms with van der Waals surface area (Å²) in [6, 6.07) is 39.4. The molecule has 0 aromatic heterocycles. The van der Waals surface area contributed by atoms with E-state index in [0.29, 0.717) is 0 Å². The lowest BCUT2D eigenvalue weighted by Crippen LogP contribution is -2.24. The Kier molecular flexibility index (Phi) is 18.5. The summed E-state index contributed by atoms with van der Waals surface area (Å²) < 4.78 is 0. The number of anilines is 2. The molecule has 0 heterocycles. The fraction of sp³-hybridized carbons (Fsp3) is 0.188. The molecule has 35 heavy (non-hydrogen) atoms. The van der Waals surface area contributed by atoms with E-state index in [1.807, 2.05) is 70.3 Å². The first-order valence-electron chi connectivity index (χ1n) is 11.9. The molecule has 186 valence electrons. The molecule has 0 amide bonds. The highest BCUT2D eigenvalue weighted by molar-refractivity contribution is 5.62. The van der Waals surface area contributed by atoms with Crippen molar-refractivity contribution in [1.29, 1.82) is 0 Å². The van der Waals surface area contributed by atoms with Crippen LogP contribution in [0, 0.1) is 6.92 Å². The van der Waals surface area contributed by atoms with Crippen LogP contribution in [-0.2, 0) is 0 Å². The van der Waals surface area contributed by atoms with Gasteiger partial charge in [-0.05, 0) is 56.4 Å². The van der Waals surface area contributed by atoms with Gasteiger partial charge in [-0.2, -0.15) is 0 Å². The highest BCUT2D eigenvalue weighted by Crippen LogP contribution is 2.17. The monoisotopic (exact) mass is 469 g/mol. The van der Waals surface area contributed by atoms with Gasteiger partial charge in [0.15, 0.2) is 0 Å². The van der Waals surface area contributed by atoms with Gasteiger partial charge in [0.25, 0.3) is 0 Å². The second kappa shape index (κ2) is 20.8. The number of para-hydroxylation sites is 1. The van der Waals surface area contributed by atoms with Gasteiger partial charge in [-0.25, -0.2) is 0 Å². The van der Waals surface area contributed by atoms with Crippen LogP contribution in [0.5, 0.6) is 0 Å². The minimum Gasteiger partial charge on any atom is -0.323 e. The van der Waals surface area contributed by atoms with Crippen molar-refractivity contribution in [2.24, 2.45) is 0 Å². The first kappa shape index (κ1) is 31.2. The van der Waals surface area contributed by atoms with E-state index in [4.69, 9.17) is 0 Å². The molecule has 2 N–H and O–H groups in total. The van der Waals surface area contributed by atoms with Crippen molar-refractivity contribution >= 4 is 11.4 Å². The molecule has 0 aliphatic heterocycles. The van der Waals surface area contributed by atoms with Crippen LogP contribution >= 0.6 is 0 Å². The maximum Gasteiger partial charge on any atom is 0.0568 e. The molecule has 4 aromatic carbocycles. The van der Waals surface area contributed by atoms with E-state index in [1.54, 1.807) is 0 Å². The third-order valence-corrected chi connectivity index (χ3v) is 4.37. The van der Waals surface area contributed by atoms with E-state index < -0.39 is 0 Å². The van der Waals surface area contributed by atoms with E-state index in [-0.39, 0.29) is 0 Å². The Morgan fingerprint density at radius 2 is 0.914 bits per heavy atom. The van der Waals surface area contributed by atoms with Crippen molar-refractivity contribution in [3.8, 4) is 11.1 Å². The molecule has 0 aliphatic carbocycles. The van der Waals surface area contributed by atoms with E-state index >= 15 is 0 Å². The SMILES string of the molecule is C=C.CC.CNC.Cc1ccc(NN(C)c2ccccc2)cc1.c1ccc(-c2ccccc2)cc1. The Bertz CT molecular complexity index is 932. The zero-order valence-corrected chi connectivity index (χ0v) is 22.3. The summed E-state index contributed by atoms with van der Waals surface area (Å²) in [4.78, 5) is 0. The molecule has 0 bridgehead atoms. The molecule has 0 spiro atoms. The van der Waals surface area contributed by atoms with E-state index in [2.05, 4.69) is 116 Å². The van der Waals surface area contributed by atoms with Crippen LogP contribution in [-0.4, -0.2) is 21.1 Å². The lowest BCUT2D eigenvalue weighted by Gasteiger charge is -2.21. The van der Waals surface area contributed by atoms with Gasteiger partial charge in [-0.15, -0.1) is 13.2 Å². The summed E-state index contributed by atoms with van der Waals surface area (Å²) in [7, 11) is 5.76. The maximum absolute atomic E-state index is 3.32. The third-order valence-electron chi connectivity index (χ3n) is 4.37. The van der Waals surface area contributed by atoms with Crippen LogP contribution in [0.15, 0.2) is 128 Å². The summed E-state index contributed by atoms with van der Waals surface area (Å²) >= 11 is 0. The van der Waals surface area contributed by atoms with Crippen molar-refractivity contribution < 1.29 is 0 Å². The average molecular weight is 470 g/mol. The number of benzene rings is 4. The molecule has 0 unspecified atom stereocenters. The fourth-order valence-corrected chi connectivity index (χ4v) is 2.80. The predicted molar refractivity (Wildman–Crippen MR) is 159 cm³/mol. The molecule has 0 aliphatic rings. The number of hydrazine groups is 1. The van der Waals surface area contributed by atoms with Gasteiger partial charge >= 0.3 is 0 Å². The second-order valence-electron chi connectivity index (χ2n) is 7.10. The minimum absolute atomic E-state index is 1.09. The normalized spacial score (nSPS) is 8.63. The van der Waals surface area contributed by atoms with Crippen LogP contribution in [0.3, 0.4) is 0 Å². The van der Waals surface area contributed by atoms with Crippen molar-refractivity contribution in [2.45, 2.75) is 20.8 Å². The number of nitrogens with zero attached hydrogens (tertiary/aromatic N) is 1. The fourth-order valence-electron chi connectivity index (χ4n) is 2.80. The molecule has 0 radical (unpaired) electrons. The van der Waals surface area contributed by atoms with E-state index in [1.165, 1.54) is 16.7 Å². The van der Waals surface area contributed by atoms with Gasteiger partial charge in [0.05, 0.1) is 11.4 Å². The Balaban J connectivity index is 0.000000538. The molecular weight excluding hydrogens is 426 g/mol. The predicted octanol–water partition coefficient (Wildman–Crippen LogP) is 8.48. The zero-order chi connectivity index (χ0) is 26.3. The number of nitrogens with one attached hydrogen (secondary N) is 2. The molecule has 4 rings (SSSR count). The topological polar surface area (TPSA) is 27.3 Å². The van der Waals surface area contributed by atoms with E-state index in [9.17, 15) is 0 Å². The van der Waals surface area contributed by atoms with E-state index in [0.717, 1.165) is 11.4 Å². The Morgan fingerprint density at radius 1 is 0.571 bits per heavy atom. The maximum atomic E-state index is 3.32. The van der Waals surface area contributed by atoms with Crippen LogP contribution in [0.4, 0.5) is 11.4 Å². The highest BCUT2D eigenvalue weighted by atomic mass is 15.5. The molecule has 0 saturated heterocycles. The summed E-state index contributed by atoms with van der Waals surface area (Å²) in [5.41, 5.74) is 9.38. The van der Waals surface area contributed by atoms with Gasteiger partial charge in [0.1, 0.15) is 0 Å².